The number of nitrogens with zero attached hydrogens (tertiary/aromatic N) is 1. The van der Waals surface area contributed by atoms with Crippen molar-refractivity contribution in [3.05, 3.63) is 69.6 Å². The summed E-state index contributed by atoms with van der Waals surface area (Å²) in [6.07, 6.45) is -0.0160. The molecule has 0 unspecified atom stereocenters. The number of nitrogens with one attached hydrogen (secondary N) is 1. The minimum Gasteiger partial charge on any atom is -0.274 e. The fourth-order valence-corrected chi connectivity index (χ4v) is 4.40. The molecule has 26 heavy (non-hydrogen) atoms. The highest BCUT2D eigenvalue weighted by Gasteiger charge is 2.19. The van der Waals surface area contributed by atoms with E-state index in [1.54, 1.807) is 36.4 Å². The zero-order valence-corrected chi connectivity index (χ0v) is 17.0. The van der Waals surface area contributed by atoms with Gasteiger partial charge in [0, 0.05) is 21.1 Å². The lowest BCUT2D eigenvalue weighted by molar-refractivity contribution is -0.118. The zero-order valence-electron chi connectivity index (χ0n) is 13.8. The summed E-state index contributed by atoms with van der Waals surface area (Å²) >= 11 is 4.76. The molecule has 0 aliphatic carbocycles. The van der Waals surface area contributed by atoms with E-state index in [1.165, 1.54) is 23.5 Å². The second-order valence-electron chi connectivity index (χ2n) is 5.65. The first-order chi connectivity index (χ1) is 12.3. The molecule has 134 valence electrons. The smallest absolute Gasteiger partial charge is 0.264 e. The third kappa shape index (κ3) is 4.57. The van der Waals surface area contributed by atoms with E-state index in [9.17, 15) is 13.2 Å². The van der Waals surface area contributed by atoms with Crippen molar-refractivity contribution in [2.45, 2.75) is 18.2 Å². The summed E-state index contributed by atoms with van der Waals surface area (Å²) in [5.41, 5.74) is 2.31. The predicted molar refractivity (Wildman–Crippen MR) is 105 cm³/mol. The Morgan fingerprint density at radius 1 is 1.19 bits per heavy atom. The van der Waals surface area contributed by atoms with Gasteiger partial charge in [0.2, 0.25) is 5.91 Å². The van der Waals surface area contributed by atoms with E-state index in [1.807, 2.05) is 12.3 Å². The molecule has 1 N–H and O–H groups in total. The third-order valence-electron chi connectivity index (χ3n) is 3.54. The maximum atomic E-state index is 12.5. The Morgan fingerprint density at radius 3 is 2.58 bits per heavy atom. The molecule has 1 aromatic heterocycles. The van der Waals surface area contributed by atoms with Crippen LogP contribution in [-0.4, -0.2) is 19.3 Å². The number of benzene rings is 2. The molecule has 1 amide bonds. The minimum absolute atomic E-state index is 0.0160. The Morgan fingerprint density at radius 2 is 1.92 bits per heavy atom. The average molecular weight is 451 g/mol. The number of carbonyl (C=O) groups excluding carboxylic acids is 1. The lowest BCUT2D eigenvalue weighted by atomic mass is 10.1. The van der Waals surface area contributed by atoms with Gasteiger partial charge in [-0.25, -0.2) is 18.1 Å². The molecule has 2 aromatic carbocycles. The molecule has 0 radical (unpaired) electrons. The van der Waals surface area contributed by atoms with Crippen molar-refractivity contribution in [3.63, 3.8) is 0 Å². The third-order valence-corrected chi connectivity index (χ3v) is 6.45. The van der Waals surface area contributed by atoms with Crippen LogP contribution >= 0.6 is 27.3 Å². The van der Waals surface area contributed by atoms with Crippen LogP contribution in [-0.2, 0) is 21.2 Å². The molecule has 0 saturated carbocycles. The van der Waals surface area contributed by atoms with Crippen LogP contribution in [0.15, 0.2) is 63.3 Å². The van der Waals surface area contributed by atoms with Gasteiger partial charge < -0.3 is 0 Å². The normalized spacial score (nSPS) is 11.3. The number of sulfonamides is 1. The Labute approximate surface area is 164 Å². The number of halogens is 1. The van der Waals surface area contributed by atoms with Crippen LogP contribution in [0.2, 0.25) is 0 Å². The van der Waals surface area contributed by atoms with Crippen LogP contribution in [0.4, 0.5) is 0 Å². The highest BCUT2D eigenvalue weighted by atomic mass is 79.9. The van der Waals surface area contributed by atoms with Crippen LogP contribution in [0, 0.1) is 6.92 Å². The van der Waals surface area contributed by atoms with E-state index in [4.69, 9.17) is 0 Å². The first kappa shape index (κ1) is 18.8. The average Bonchev–Trinajstić information content (AvgIpc) is 3.03. The largest absolute Gasteiger partial charge is 0.274 e. The van der Waals surface area contributed by atoms with Crippen LogP contribution in [0.3, 0.4) is 0 Å². The van der Waals surface area contributed by atoms with Crippen molar-refractivity contribution >= 4 is 43.2 Å². The summed E-state index contributed by atoms with van der Waals surface area (Å²) in [7, 11) is -3.94. The Kier molecular flexibility index (Phi) is 5.55. The van der Waals surface area contributed by atoms with Gasteiger partial charge in [0.25, 0.3) is 10.0 Å². The maximum absolute atomic E-state index is 12.5. The number of rotatable bonds is 5. The molecule has 0 atom stereocenters. The fourth-order valence-electron chi connectivity index (χ4n) is 2.32. The molecule has 0 aliphatic heterocycles. The van der Waals surface area contributed by atoms with Crippen molar-refractivity contribution in [2.24, 2.45) is 0 Å². The van der Waals surface area contributed by atoms with Crippen LogP contribution in [0.5, 0.6) is 0 Å². The maximum Gasteiger partial charge on any atom is 0.264 e. The van der Waals surface area contributed by atoms with E-state index in [-0.39, 0.29) is 11.3 Å². The Hall–Kier alpha value is -2.03. The minimum atomic E-state index is -3.94. The second-order valence-corrected chi connectivity index (χ2v) is 9.11. The van der Waals surface area contributed by atoms with Gasteiger partial charge in [-0.05, 0) is 36.8 Å². The second kappa shape index (κ2) is 7.69. The molecular weight excluding hydrogens is 436 g/mol. The van der Waals surface area contributed by atoms with Crippen molar-refractivity contribution in [1.29, 1.82) is 0 Å². The van der Waals surface area contributed by atoms with Crippen LogP contribution in [0.25, 0.3) is 10.6 Å². The number of aryl methyl sites for hydroxylation is 1. The van der Waals surface area contributed by atoms with Gasteiger partial charge in [-0.2, -0.15) is 0 Å². The number of thiazole rings is 1. The number of amides is 1. The summed E-state index contributed by atoms with van der Waals surface area (Å²) in [6, 6.07) is 13.5. The van der Waals surface area contributed by atoms with Gasteiger partial charge in [0.1, 0.15) is 5.01 Å². The molecule has 0 bridgehead atoms. The predicted octanol–water partition coefficient (Wildman–Crippen LogP) is 3.93. The molecular formula is C18H15BrN2O3S2. The van der Waals surface area contributed by atoms with E-state index in [0.717, 1.165) is 20.7 Å². The molecule has 3 rings (SSSR count). The lowest BCUT2D eigenvalue weighted by Crippen LogP contribution is -2.31. The molecule has 0 aliphatic rings. The van der Waals surface area contributed by atoms with Gasteiger partial charge in [-0.1, -0.05) is 40.2 Å². The highest BCUT2D eigenvalue weighted by Crippen LogP contribution is 2.25. The van der Waals surface area contributed by atoms with Gasteiger partial charge in [-0.3, -0.25) is 4.79 Å². The quantitative estimate of drug-likeness (QED) is 0.638. The van der Waals surface area contributed by atoms with E-state index < -0.39 is 15.9 Å². The number of carbonyl (C=O) groups is 1. The van der Waals surface area contributed by atoms with Crippen LogP contribution < -0.4 is 4.72 Å². The first-order valence-electron chi connectivity index (χ1n) is 7.66. The summed E-state index contributed by atoms with van der Waals surface area (Å²) in [4.78, 5) is 16.5. The molecule has 0 saturated heterocycles. The molecule has 0 fully saturated rings. The van der Waals surface area contributed by atoms with E-state index in [0.29, 0.717) is 5.56 Å². The Bertz CT molecular complexity index is 1040. The number of hydrogen-bond donors (Lipinski definition) is 1. The van der Waals surface area contributed by atoms with E-state index in [2.05, 4.69) is 25.6 Å². The standard InChI is InChI=1S/C18H15BrN2O3S2/c1-12-11-25-18(20-12)14-3-2-4-16(10-14)26(23,24)21-17(22)9-13-5-7-15(19)8-6-13/h2-8,10-11H,9H2,1H3,(H,21,22). The SMILES string of the molecule is Cc1csc(-c2cccc(S(=O)(=O)NC(=O)Cc3ccc(Br)cc3)c2)n1. The highest BCUT2D eigenvalue weighted by molar-refractivity contribution is 9.10. The molecule has 8 heteroatoms. The van der Waals surface area contributed by atoms with Crippen molar-refractivity contribution < 1.29 is 13.2 Å². The van der Waals surface area contributed by atoms with Crippen molar-refractivity contribution in [2.75, 3.05) is 0 Å². The number of hydrogen-bond acceptors (Lipinski definition) is 5. The van der Waals surface area contributed by atoms with Gasteiger partial charge in [0.05, 0.1) is 11.3 Å². The van der Waals surface area contributed by atoms with Crippen molar-refractivity contribution in [1.82, 2.24) is 9.71 Å². The molecule has 1 heterocycles. The molecule has 5 nitrogen and oxygen atoms in total. The van der Waals surface area contributed by atoms with Crippen LogP contribution in [0.1, 0.15) is 11.3 Å². The Balaban J connectivity index is 1.77. The summed E-state index contributed by atoms with van der Waals surface area (Å²) in [5, 5.41) is 2.64. The van der Waals surface area contributed by atoms with Gasteiger partial charge in [0.15, 0.2) is 0 Å². The van der Waals surface area contributed by atoms with Crippen molar-refractivity contribution in [3.8, 4) is 10.6 Å². The summed E-state index contributed by atoms with van der Waals surface area (Å²) in [5.74, 6) is -0.581. The van der Waals surface area contributed by atoms with Gasteiger partial charge in [-0.15, -0.1) is 11.3 Å². The molecule has 3 aromatic rings. The van der Waals surface area contributed by atoms with Gasteiger partial charge >= 0.3 is 0 Å². The topological polar surface area (TPSA) is 76.1 Å². The van der Waals surface area contributed by atoms with E-state index >= 15 is 0 Å². The lowest BCUT2D eigenvalue weighted by Gasteiger charge is -2.08. The summed E-state index contributed by atoms with van der Waals surface area (Å²) < 4.78 is 28.1. The zero-order chi connectivity index (χ0) is 18.7. The fraction of sp³-hybridized carbons (Fsp3) is 0.111. The first-order valence-corrected chi connectivity index (χ1v) is 10.8. The monoisotopic (exact) mass is 450 g/mol. The number of aromatic nitrogens is 1. The molecule has 0 spiro atoms. The summed E-state index contributed by atoms with van der Waals surface area (Å²) in [6.45, 7) is 1.88.